The first-order chi connectivity index (χ1) is 24.7. The van der Waals surface area contributed by atoms with Crippen molar-refractivity contribution in [2.75, 3.05) is 0 Å². The van der Waals surface area contributed by atoms with Crippen LogP contribution in [0.25, 0.3) is 79.8 Å². The number of nitrogens with one attached hydrogen (secondary N) is 2. The molecular formula is C43H33N5O2Si. The molecule has 51 heavy (non-hydrogen) atoms. The number of nitro benzene ring substituents is 1. The maximum atomic E-state index is 11.6. The van der Waals surface area contributed by atoms with Crippen LogP contribution in [0.5, 0.6) is 0 Å². The number of nitro groups is 1. The highest BCUT2D eigenvalue weighted by Gasteiger charge is 2.19. The third-order valence-corrected chi connectivity index (χ3v) is 9.68. The van der Waals surface area contributed by atoms with E-state index in [0.29, 0.717) is 0 Å². The molecule has 0 fully saturated rings. The van der Waals surface area contributed by atoms with Crippen LogP contribution in [0.4, 0.5) is 5.69 Å². The number of benzene rings is 3. The van der Waals surface area contributed by atoms with Crippen LogP contribution in [0.3, 0.4) is 0 Å². The van der Waals surface area contributed by atoms with Gasteiger partial charge in [-0.1, -0.05) is 86.2 Å². The minimum Gasteiger partial charge on any atom is -0.354 e. The molecule has 3 aromatic carbocycles. The molecule has 0 radical (unpaired) electrons. The van der Waals surface area contributed by atoms with Crippen molar-refractivity contribution in [2.24, 2.45) is 0 Å². The van der Waals surface area contributed by atoms with Crippen LogP contribution in [-0.2, 0) is 0 Å². The van der Waals surface area contributed by atoms with Gasteiger partial charge in [0, 0.05) is 45.4 Å². The van der Waals surface area contributed by atoms with E-state index in [4.69, 9.17) is 9.97 Å². The second-order valence-electron chi connectivity index (χ2n) is 13.5. The van der Waals surface area contributed by atoms with Gasteiger partial charge in [-0.2, -0.15) is 0 Å². The number of H-pyrrole nitrogens is 2. The molecule has 2 aliphatic heterocycles. The van der Waals surface area contributed by atoms with Crippen molar-refractivity contribution < 1.29 is 4.92 Å². The van der Waals surface area contributed by atoms with Crippen molar-refractivity contribution in [1.29, 1.82) is 0 Å². The lowest BCUT2D eigenvalue weighted by Gasteiger charge is -2.06. The Morgan fingerprint density at radius 1 is 0.549 bits per heavy atom. The highest BCUT2D eigenvalue weighted by molar-refractivity contribution is 6.83. The quantitative estimate of drug-likeness (QED) is 0.0836. The van der Waals surface area contributed by atoms with E-state index >= 15 is 0 Å². The average molecular weight is 680 g/mol. The summed E-state index contributed by atoms with van der Waals surface area (Å²) in [5.74, 6) is 3.55. The average Bonchev–Trinajstić information content (AvgIpc) is 3.96. The van der Waals surface area contributed by atoms with Crippen LogP contribution >= 0.6 is 0 Å². The van der Waals surface area contributed by atoms with Gasteiger partial charge in [-0.05, 0) is 77.4 Å². The van der Waals surface area contributed by atoms with Crippen molar-refractivity contribution in [3.05, 3.63) is 148 Å². The summed E-state index contributed by atoms with van der Waals surface area (Å²) in [5.41, 5.74) is 16.7. The topological polar surface area (TPSA) is 100 Å². The zero-order valence-corrected chi connectivity index (χ0v) is 29.4. The van der Waals surface area contributed by atoms with Crippen molar-refractivity contribution in [3.8, 4) is 44.8 Å². The number of aromatic nitrogens is 4. The molecule has 246 valence electrons. The van der Waals surface area contributed by atoms with E-state index in [-0.39, 0.29) is 10.6 Å². The molecule has 7 nitrogen and oxygen atoms in total. The number of nitrogens with zero attached hydrogens (tertiary/aromatic N) is 3. The molecule has 0 unspecified atom stereocenters. The number of non-ortho nitro benzene ring substituents is 1. The van der Waals surface area contributed by atoms with E-state index < -0.39 is 8.07 Å². The molecule has 3 aromatic heterocycles. The summed E-state index contributed by atoms with van der Waals surface area (Å²) in [6.07, 6.45) is 8.16. The number of aromatic amines is 2. The van der Waals surface area contributed by atoms with Gasteiger partial charge >= 0.3 is 0 Å². The maximum absolute atomic E-state index is 11.6. The van der Waals surface area contributed by atoms with E-state index in [1.165, 1.54) is 12.1 Å². The number of rotatable bonds is 4. The Kier molecular flexibility index (Phi) is 7.90. The van der Waals surface area contributed by atoms with Crippen LogP contribution in [0.2, 0.25) is 19.6 Å². The van der Waals surface area contributed by atoms with Crippen molar-refractivity contribution in [2.45, 2.75) is 19.6 Å². The van der Waals surface area contributed by atoms with Gasteiger partial charge in [-0.3, -0.25) is 10.1 Å². The van der Waals surface area contributed by atoms with Crippen LogP contribution < -0.4 is 0 Å². The third kappa shape index (κ3) is 6.23. The van der Waals surface area contributed by atoms with Gasteiger partial charge in [0.1, 0.15) is 8.07 Å². The Balaban J connectivity index is 1.55. The summed E-state index contributed by atoms with van der Waals surface area (Å²) >= 11 is 0. The molecule has 6 aromatic rings. The fourth-order valence-corrected chi connectivity index (χ4v) is 6.96. The Hall–Kier alpha value is -6.56. The third-order valence-electron chi connectivity index (χ3n) is 8.81. The van der Waals surface area contributed by atoms with Crippen LogP contribution in [0, 0.1) is 21.6 Å². The number of fused-ring (bicyclic) bond motifs is 8. The molecule has 5 heterocycles. The van der Waals surface area contributed by atoms with Gasteiger partial charge in [0.15, 0.2) is 0 Å². The lowest BCUT2D eigenvalue weighted by molar-refractivity contribution is -0.384. The van der Waals surface area contributed by atoms with Crippen molar-refractivity contribution in [1.82, 2.24) is 19.9 Å². The highest BCUT2D eigenvalue weighted by atomic mass is 28.3. The SMILES string of the molecule is C[Si](C)(C)C#Cc1c2nc(c(-c3ccccc3)c3ccc([nH]3)c(-c3ccc([N+](=O)[O-])cc3)c3nc(c(-c4ccccc4)c4ccc1[nH]4)C=C3)C=C2. The molecule has 8 bridgehead atoms. The molecule has 2 aliphatic rings. The summed E-state index contributed by atoms with van der Waals surface area (Å²) in [5, 5.41) is 11.6. The van der Waals surface area contributed by atoms with E-state index in [1.54, 1.807) is 12.1 Å². The van der Waals surface area contributed by atoms with Gasteiger partial charge in [0.2, 0.25) is 0 Å². The minimum atomic E-state index is -1.74. The fourth-order valence-electron chi connectivity index (χ4n) is 6.46. The number of hydrogen-bond donors (Lipinski definition) is 2. The van der Waals surface area contributed by atoms with E-state index in [1.807, 2.05) is 54.6 Å². The van der Waals surface area contributed by atoms with Crippen LogP contribution in [0.1, 0.15) is 28.3 Å². The van der Waals surface area contributed by atoms with E-state index in [2.05, 4.69) is 95.7 Å². The van der Waals surface area contributed by atoms with E-state index in [9.17, 15) is 10.1 Å². The molecule has 0 saturated heterocycles. The number of hydrogen-bond acceptors (Lipinski definition) is 4. The normalized spacial score (nSPS) is 12.1. The Morgan fingerprint density at radius 2 is 0.961 bits per heavy atom. The van der Waals surface area contributed by atoms with Crippen molar-refractivity contribution >= 4 is 60.1 Å². The standard InChI is InChI=1S/C43H33N5O2Si/c1-51(2,3)27-26-32-33-18-20-35(44-33)41(28-10-6-4-7-11-28)37-22-24-39(46-37)43(30-14-16-31(17-15-30)48(49)50)40-25-23-38(47-40)42(29-12-8-5-9-13-29)36-21-19-34(32)45-36/h4-25,44,47H,1-3H3. The Morgan fingerprint density at radius 3 is 1.43 bits per heavy atom. The molecule has 0 spiro atoms. The zero-order valence-electron chi connectivity index (χ0n) is 28.4. The molecule has 8 rings (SSSR count). The fraction of sp³-hybridized carbons (Fsp3) is 0.0698. The monoisotopic (exact) mass is 679 g/mol. The molecular weight excluding hydrogens is 647 g/mol. The Labute approximate surface area is 296 Å². The summed E-state index contributed by atoms with van der Waals surface area (Å²) in [4.78, 5) is 29.1. The van der Waals surface area contributed by atoms with Gasteiger partial charge < -0.3 is 9.97 Å². The predicted molar refractivity (Wildman–Crippen MR) is 212 cm³/mol. The second kappa shape index (κ2) is 12.7. The summed E-state index contributed by atoms with van der Waals surface area (Å²) in [6.45, 7) is 6.73. The summed E-state index contributed by atoms with van der Waals surface area (Å²) in [7, 11) is -1.74. The largest absolute Gasteiger partial charge is 0.354 e. The molecule has 0 amide bonds. The Bertz CT molecular complexity index is 2600. The predicted octanol–water partition coefficient (Wildman–Crippen LogP) is 10.8. The lowest BCUT2D eigenvalue weighted by Crippen LogP contribution is -2.16. The first-order valence-electron chi connectivity index (χ1n) is 16.8. The molecule has 0 saturated carbocycles. The van der Waals surface area contributed by atoms with Gasteiger partial charge in [0.25, 0.3) is 5.69 Å². The second-order valence-corrected chi connectivity index (χ2v) is 18.3. The molecule has 0 atom stereocenters. The van der Waals surface area contributed by atoms with Gasteiger partial charge in [-0.15, -0.1) is 5.54 Å². The molecule has 2 N–H and O–H groups in total. The van der Waals surface area contributed by atoms with Crippen molar-refractivity contribution in [3.63, 3.8) is 0 Å². The summed E-state index contributed by atoms with van der Waals surface area (Å²) in [6, 6.07) is 35.4. The van der Waals surface area contributed by atoms with Gasteiger partial charge in [-0.25, -0.2) is 9.97 Å². The lowest BCUT2D eigenvalue weighted by atomic mass is 10.0. The first-order valence-corrected chi connectivity index (χ1v) is 20.3. The van der Waals surface area contributed by atoms with Gasteiger partial charge in [0.05, 0.1) is 38.8 Å². The van der Waals surface area contributed by atoms with Crippen LogP contribution in [-0.4, -0.2) is 32.9 Å². The zero-order chi connectivity index (χ0) is 35.1. The first kappa shape index (κ1) is 31.7. The highest BCUT2D eigenvalue weighted by Crippen LogP contribution is 2.37. The maximum Gasteiger partial charge on any atom is 0.269 e. The smallest absolute Gasteiger partial charge is 0.269 e. The minimum absolute atomic E-state index is 0.0293. The van der Waals surface area contributed by atoms with E-state index in [0.717, 1.165) is 83.8 Å². The van der Waals surface area contributed by atoms with Crippen LogP contribution in [0.15, 0.2) is 109 Å². The molecule has 0 aliphatic carbocycles. The molecule has 8 heteroatoms. The summed E-state index contributed by atoms with van der Waals surface area (Å²) < 4.78 is 0.